The molecule has 0 saturated carbocycles. The topological polar surface area (TPSA) is 56.8 Å². The molecule has 5 nitrogen and oxygen atoms in total. The molecule has 0 fully saturated rings. The summed E-state index contributed by atoms with van der Waals surface area (Å²) < 4.78 is 39.0. The van der Waals surface area contributed by atoms with E-state index in [9.17, 15) is 13.6 Å². The maximum atomic E-state index is 12.1. The van der Waals surface area contributed by atoms with Crippen LogP contribution in [0.15, 0.2) is 42.5 Å². The lowest BCUT2D eigenvalue weighted by Gasteiger charge is -2.08. The summed E-state index contributed by atoms with van der Waals surface area (Å²) in [4.78, 5) is 11.9. The van der Waals surface area contributed by atoms with Crippen molar-refractivity contribution in [1.82, 2.24) is 5.32 Å². The van der Waals surface area contributed by atoms with Crippen LogP contribution < -0.4 is 19.5 Å². The lowest BCUT2D eigenvalue weighted by Crippen LogP contribution is -2.25. The summed E-state index contributed by atoms with van der Waals surface area (Å²) in [7, 11) is 0. The van der Waals surface area contributed by atoms with Crippen LogP contribution in [-0.4, -0.2) is 25.9 Å². The predicted molar refractivity (Wildman–Crippen MR) is 90.7 cm³/mol. The quantitative estimate of drug-likeness (QED) is 0.782. The molecular weight excluding hydrogens is 344 g/mol. The fourth-order valence-corrected chi connectivity index (χ4v) is 2.63. The van der Waals surface area contributed by atoms with Crippen LogP contribution in [0.5, 0.6) is 17.2 Å². The van der Waals surface area contributed by atoms with Gasteiger partial charge in [0.2, 0.25) is 12.7 Å². The molecule has 2 aromatic rings. The molecule has 26 heavy (non-hydrogen) atoms. The molecule has 7 heteroatoms. The van der Waals surface area contributed by atoms with Crippen LogP contribution in [-0.2, 0) is 17.6 Å². The summed E-state index contributed by atoms with van der Waals surface area (Å²) in [5.41, 5.74) is 1.95. The number of fused-ring (bicyclic) bond motifs is 1. The van der Waals surface area contributed by atoms with E-state index in [1.54, 1.807) is 12.1 Å². The third-order valence-electron chi connectivity index (χ3n) is 3.96. The van der Waals surface area contributed by atoms with Crippen molar-refractivity contribution in [1.29, 1.82) is 0 Å². The van der Waals surface area contributed by atoms with E-state index in [4.69, 9.17) is 9.47 Å². The van der Waals surface area contributed by atoms with Gasteiger partial charge >= 0.3 is 6.61 Å². The fraction of sp³-hybridized carbons (Fsp3) is 0.316. The lowest BCUT2D eigenvalue weighted by molar-refractivity contribution is -0.121. The number of carbonyl (C=O) groups is 1. The van der Waals surface area contributed by atoms with Gasteiger partial charge in [0, 0.05) is 13.0 Å². The van der Waals surface area contributed by atoms with E-state index in [1.165, 1.54) is 12.1 Å². The van der Waals surface area contributed by atoms with Crippen LogP contribution in [0, 0.1) is 0 Å². The molecule has 0 atom stereocenters. The Morgan fingerprint density at radius 1 is 1.04 bits per heavy atom. The molecular formula is C19H19F2NO4. The van der Waals surface area contributed by atoms with Gasteiger partial charge in [0.25, 0.3) is 0 Å². The van der Waals surface area contributed by atoms with Crippen molar-refractivity contribution in [2.75, 3.05) is 13.3 Å². The molecule has 1 heterocycles. The van der Waals surface area contributed by atoms with Crippen LogP contribution in [0.2, 0.25) is 0 Å². The molecule has 1 aliphatic rings. The van der Waals surface area contributed by atoms with Crippen molar-refractivity contribution in [3.8, 4) is 17.2 Å². The van der Waals surface area contributed by atoms with E-state index in [0.29, 0.717) is 31.6 Å². The first kappa shape index (κ1) is 18.0. The Morgan fingerprint density at radius 2 is 1.77 bits per heavy atom. The van der Waals surface area contributed by atoms with Gasteiger partial charge in [-0.05, 0) is 48.2 Å². The first-order chi connectivity index (χ1) is 12.6. The Bertz CT molecular complexity index is 750. The van der Waals surface area contributed by atoms with Crippen LogP contribution in [0.1, 0.15) is 17.5 Å². The van der Waals surface area contributed by atoms with Crippen molar-refractivity contribution < 1.29 is 27.8 Å². The molecule has 0 spiro atoms. The second-order valence-electron chi connectivity index (χ2n) is 5.81. The standard InChI is InChI=1S/C19H19F2NO4/c20-19(21)26-15-5-1-13(2-6-15)9-10-22-18(23)8-4-14-3-7-16-17(11-14)25-12-24-16/h1-3,5-7,11,19H,4,8-10,12H2,(H,22,23). The van der Waals surface area contributed by atoms with Crippen LogP contribution in [0.3, 0.4) is 0 Å². The summed E-state index contributed by atoms with van der Waals surface area (Å²) in [5.74, 6) is 1.52. The van der Waals surface area contributed by atoms with E-state index in [2.05, 4.69) is 10.1 Å². The largest absolute Gasteiger partial charge is 0.454 e. The first-order valence-electron chi connectivity index (χ1n) is 8.29. The zero-order chi connectivity index (χ0) is 18.4. The molecule has 138 valence electrons. The maximum absolute atomic E-state index is 12.1. The molecule has 1 aliphatic heterocycles. The highest BCUT2D eigenvalue weighted by molar-refractivity contribution is 5.76. The predicted octanol–water partition coefficient (Wildman–Crippen LogP) is 3.31. The number of carbonyl (C=O) groups excluding carboxylic acids is 1. The van der Waals surface area contributed by atoms with Gasteiger partial charge in [-0.2, -0.15) is 8.78 Å². The fourth-order valence-electron chi connectivity index (χ4n) is 2.63. The van der Waals surface area contributed by atoms with E-state index in [0.717, 1.165) is 16.9 Å². The Balaban J connectivity index is 1.37. The molecule has 0 aromatic heterocycles. The van der Waals surface area contributed by atoms with Crippen LogP contribution in [0.25, 0.3) is 0 Å². The van der Waals surface area contributed by atoms with Gasteiger partial charge in [-0.25, -0.2) is 0 Å². The van der Waals surface area contributed by atoms with E-state index in [-0.39, 0.29) is 18.4 Å². The molecule has 3 rings (SSSR count). The molecule has 0 bridgehead atoms. The molecule has 0 aliphatic carbocycles. The number of benzene rings is 2. The van der Waals surface area contributed by atoms with Crippen LogP contribution in [0.4, 0.5) is 8.78 Å². The molecule has 0 unspecified atom stereocenters. The third-order valence-corrected chi connectivity index (χ3v) is 3.96. The maximum Gasteiger partial charge on any atom is 0.387 e. The highest BCUT2D eigenvalue weighted by Gasteiger charge is 2.13. The van der Waals surface area contributed by atoms with Gasteiger partial charge in [-0.15, -0.1) is 0 Å². The third kappa shape index (κ3) is 5.08. The van der Waals surface area contributed by atoms with Gasteiger partial charge < -0.3 is 19.5 Å². The Morgan fingerprint density at radius 3 is 2.54 bits per heavy atom. The van der Waals surface area contributed by atoms with Crippen molar-refractivity contribution in [3.63, 3.8) is 0 Å². The first-order valence-corrected chi connectivity index (χ1v) is 8.29. The number of aryl methyl sites for hydroxylation is 1. The summed E-state index contributed by atoms with van der Waals surface area (Å²) in [6, 6.07) is 12.0. The summed E-state index contributed by atoms with van der Waals surface area (Å²) in [6.07, 6.45) is 1.60. The van der Waals surface area contributed by atoms with Gasteiger partial charge in [-0.3, -0.25) is 4.79 Å². The molecule has 0 radical (unpaired) electrons. The highest BCUT2D eigenvalue weighted by Crippen LogP contribution is 2.32. The van der Waals surface area contributed by atoms with Crippen molar-refractivity contribution in [2.24, 2.45) is 0 Å². The number of alkyl halides is 2. The molecule has 0 saturated heterocycles. The smallest absolute Gasteiger partial charge is 0.387 e. The average molecular weight is 363 g/mol. The average Bonchev–Trinajstić information content (AvgIpc) is 3.09. The number of ether oxygens (including phenoxy) is 3. The summed E-state index contributed by atoms with van der Waals surface area (Å²) in [5, 5.41) is 2.85. The number of hydrogen-bond donors (Lipinski definition) is 1. The SMILES string of the molecule is O=C(CCc1ccc2c(c1)OCO2)NCCc1ccc(OC(F)F)cc1. The van der Waals surface area contributed by atoms with Crippen LogP contribution >= 0.6 is 0 Å². The number of rotatable bonds is 8. The number of hydrogen-bond acceptors (Lipinski definition) is 4. The normalized spacial score (nSPS) is 12.3. The van der Waals surface area contributed by atoms with Crippen molar-refractivity contribution in [2.45, 2.75) is 25.9 Å². The van der Waals surface area contributed by atoms with Gasteiger partial charge in [-0.1, -0.05) is 18.2 Å². The molecule has 2 aromatic carbocycles. The Labute approximate surface area is 149 Å². The Hall–Kier alpha value is -2.83. The summed E-state index contributed by atoms with van der Waals surface area (Å²) in [6.45, 7) is -2.12. The minimum absolute atomic E-state index is 0.0414. The zero-order valence-electron chi connectivity index (χ0n) is 14.0. The summed E-state index contributed by atoms with van der Waals surface area (Å²) >= 11 is 0. The van der Waals surface area contributed by atoms with E-state index in [1.807, 2.05) is 18.2 Å². The molecule has 1 N–H and O–H groups in total. The van der Waals surface area contributed by atoms with E-state index >= 15 is 0 Å². The monoisotopic (exact) mass is 363 g/mol. The Kier molecular flexibility index (Phi) is 5.88. The number of amides is 1. The zero-order valence-corrected chi connectivity index (χ0v) is 14.0. The number of nitrogens with one attached hydrogen (secondary N) is 1. The van der Waals surface area contributed by atoms with Gasteiger partial charge in [0.1, 0.15) is 5.75 Å². The highest BCUT2D eigenvalue weighted by atomic mass is 19.3. The lowest BCUT2D eigenvalue weighted by atomic mass is 10.1. The van der Waals surface area contributed by atoms with E-state index < -0.39 is 6.61 Å². The van der Waals surface area contributed by atoms with Gasteiger partial charge in [0.15, 0.2) is 11.5 Å². The second kappa shape index (κ2) is 8.51. The molecule has 1 amide bonds. The van der Waals surface area contributed by atoms with Crippen molar-refractivity contribution in [3.05, 3.63) is 53.6 Å². The minimum Gasteiger partial charge on any atom is -0.454 e. The second-order valence-corrected chi connectivity index (χ2v) is 5.81. The van der Waals surface area contributed by atoms with Gasteiger partial charge in [0.05, 0.1) is 0 Å². The van der Waals surface area contributed by atoms with Crippen molar-refractivity contribution >= 4 is 5.91 Å². The number of halogens is 2. The minimum atomic E-state index is -2.83.